The number of aromatic nitrogens is 1. The SMILES string of the molecule is CCS(=O)(=O)c1c(C(C=O)Cc2ccccc2)n(C)c2ccc(OC)cc12. The standard InChI is InChI=1S/C21H23NO4S/c1-4-27(24,25)21-18-13-17(26-3)10-11-19(18)22(2)20(21)16(14-23)12-15-8-6-5-7-9-15/h5-11,13-14,16H,4,12H2,1-3H3. The summed E-state index contributed by atoms with van der Waals surface area (Å²) in [6.45, 7) is 1.62. The number of carbonyl (C=O) groups excluding carboxylic acids is 1. The van der Waals surface area contributed by atoms with Gasteiger partial charge in [-0.05, 0) is 30.2 Å². The molecule has 142 valence electrons. The van der Waals surface area contributed by atoms with Crippen LogP contribution in [0.1, 0.15) is 24.1 Å². The monoisotopic (exact) mass is 385 g/mol. The lowest BCUT2D eigenvalue weighted by atomic mass is 9.97. The average Bonchev–Trinajstić information content (AvgIpc) is 2.99. The molecule has 27 heavy (non-hydrogen) atoms. The minimum absolute atomic E-state index is 0.0345. The Labute approximate surface area is 159 Å². The minimum atomic E-state index is -3.54. The molecule has 0 aliphatic rings. The van der Waals surface area contributed by atoms with Crippen molar-refractivity contribution in [2.45, 2.75) is 24.2 Å². The van der Waals surface area contributed by atoms with Crippen molar-refractivity contribution in [1.82, 2.24) is 4.57 Å². The topological polar surface area (TPSA) is 65.4 Å². The van der Waals surface area contributed by atoms with Crippen LogP contribution < -0.4 is 4.74 Å². The fraction of sp³-hybridized carbons (Fsp3) is 0.286. The first-order valence-corrected chi connectivity index (χ1v) is 10.5. The number of methoxy groups -OCH3 is 1. The number of fused-ring (bicyclic) bond motifs is 1. The van der Waals surface area contributed by atoms with Gasteiger partial charge in [0.05, 0.1) is 23.7 Å². The molecule has 2 aromatic carbocycles. The van der Waals surface area contributed by atoms with Gasteiger partial charge < -0.3 is 14.1 Å². The lowest BCUT2D eigenvalue weighted by Crippen LogP contribution is -2.15. The number of ether oxygens (including phenoxy) is 1. The van der Waals surface area contributed by atoms with Crippen LogP contribution in [0.2, 0.25) is 0 Å². The Balaban J connectivity index is 2.28. The maximum Gasteiger partial charge on any atom is 0.180 e. The van der Waals surface area contributed by atoms with E-state index in [9.17, 15) is 13.2 Å². The van der Waals surface area contributed by atoms with Crippen molar-refractivity contribution in [3.8, 4) is 5.75 Å². The van der Waals surface area contributed by atoms with E-state index in [2.05, 4.69) is 0 Å². The molecule has 3 rings (SSSR count). The van der Waals surface area contributed by atoms with Crippen molar-refractivity contribution in [3.05, 3.63) is 59.8 Å². The molecule has 1 heterocycles. The number of rotatable bonds is 7. The smallest absolute Gasteiger partial charge is 0.180 e. The molecular formula is C21H23NO4S. The zero-order chi connectivity index (χ0) is 19.6. The van der Waals surface area contributed by atoms with Gasteiger partial charge >= 0.3 is 0 Å². The molecule has 1 unspecified atom stereocenters. The van der Waals surface area contributed by atoms with Crippen molar-refractivity contribution in [3.63, 3.8) is 0 Å². The van der Waals surface area contributed by atoms with Crippen LogP contribution in [0.5, 0.6) is 5.75 Å². The highest BCUT2D eigenvalue weighted by Crippen LogP contribution is 2.37. The molecule has 0 aliphatic carbocycles. The van der Waals surface area contributed by atoms with E-state index >= 15 is 0 Å². The largest absolute Gasteiger partial charge is 0.497 e. The number of nitrogens with zero attached hydrogens (tertiary/aromatic N) is 1. The quantitative estimate of drug-likeness (QED) is 0.584. The van der Waals surface area contributed by atoms with Crippen LogP contribution in [0, 0.1) is 0 Å². The highest BCUT2D eigenvalue weighted by Gasteiger charge is 2.30. The van der Waals surface area contributed by atoms with E-state index in [1.54, 1.807) is 33.2 Å². The molecule has 6 heteroatoms. The van der Waals surface area contributed by atoms with Crippen LogP contribution in [0.15, 0.2) is 53.4 Å². The number of aryl methyl sites for hydroxylation is 1. The zero-order valence-electron chi connectivity index (χ0n) is 15.7. The molecule has 5 nitrogen and oxygen atoms in total. The highest BCUT2D eigenvalue weighted by atomic mass is 32.2. The van der Waals surface area contributed by atoms with Gasteiger partial charge in [0.25, 0.3) is 0 Å². The Hall–Kier alpha value is -2.60. The van der Waals surface area contributed by atoms with Crippen LogP contribution in [-0.4, -0.2) is 32.1 Å². The van der Waals surface area contributed by atoms with E-state index in [-0.39, 0.29) is 10.6 Å². The molecule has 0 saturated heterocycles. The van der Waals surface area contributed by atoms with E-state index < -0.39 is 15.8 Å². The third-order valence-corrected chi connectivity index (χ3v) is 6.72. The molecular weight excluding hydrogens is 362 g/mol. The van der Waals surface area contributed by atoms with E-state index in [1.807, 2.05) is 41.0 Å². The lowest BCUT2D eigenvalue weighted by Gasteiger charge is -2.15. The molecule has 1 atom stereocenters. The predicted molar refractivity (Wildman–Crippen MR) is 106 cm³/mol. The van der Waals surface area contributed by atoms with Gasteiger partial charge in [0.1, 0.15) is 12.0 Å². The van der Waals surface area contributed by atoms with Crippen molar-refractivity contribution >= 4 is 27.0 Å². The van der Waals surface area contributed by atoms with E-state index in [1.165, 1.54) is 0 Å². The number of carbonyl (C=O) groups is 1. The fourth-order valence-electron chi connectivity index (χ4n) is 3.50. The van der Waals surface area contributed by atoms with Crippen LogP contribution in [0.25, 0.3) is 10.9 Å². The van der Waals surface area contributed by atoms with Gasteiger partial charge in [-0.1, -0.05) is 37.3 Å². The Morgan fingerprint density at radius 1 is 1.15 bits per heavy atom. The van der Waals surface area contributed by atoms with Crippen LogP contribution >= 0.6 is 0 Å². The zero-order valence-corrected chi connectivity index (χ0v) is 16.5. The van der Waals surface area contributed by atoms with Crippen LogP contribution in [-0.2, 0) is 28.1 Å². The van der Waals surface area contributed by atoms with Gasteiger partial charge in [0, 0.05) is 23.6 Å². The van der Waals surface area contributed by atoms with Crippen molar-refractivity contribution in [1.29, 1.82) is 0 Å². The molecule has 1 aromatic heterocycles. The van der Waals surface area contributed by atoms with Crippen molar-refractivity contribution < 1.29 is 17.9 Å². The Bertz CT molecular complexity index is 1070. The Kier molecular flexibility index (Phi) is 5.37. The predicted octanol–water partition coefficient (Wildman–Crippen LogP) is 3.51. The number of hydrogen-bond acceptors (Lipinski definition) is 4. The second kappa shape index (κ2) is 7.56. The van der Waals surface area contributed by atoms with E-state index in [0.29, 0.717) is 23.3 Å². The highest BCUT2D eigenvalue weighted by molar-refractivity contribution is 7.91. The first-order valence-electron chi connectivity index (χ1n) is 8.81. The summed E-state index contributed by atoms with van der Waals surface area (Å²) in [7, 11) is -0.192. The molecule has 0 aliphatic heterocycles. The number of hydrogen-bond donors (Lipinski definition) is 0. The third-order valence-electron chi connectivity index (χ3n) is 4.91. The summed E-state index contributed by atoms with van der Waals surface area (Å²) in [5.74, 6) is -0.0159. The van der Waals surface area contributed by atoms with Gasteiger partial charge in [0.2, 0.25) is 0 Å². The maximum absolute atomic E-state index is 13.0. The Morgan fingerprint density at radius 2 is 1.85 bits per heavy atom. The maximum atomic E-state index is 13.0. The third kappa shape index (κ3) is 3.49. The van der Waals surface area contributed by atoms with Crippen LogP contribution in [0.3, 0.4) is 0 Å². The summed E-state index contributed by atoms with van der Waals surface area (Å²) in [4.78, 5) is 12.2. The normalized spacial score (nSPS) is 12.9. The van der Waals surface area contributed by atoms with Gasteiger partial charge in [-0.2, -0.15) is 0 Å². The summed E-state index contributed by atoms with van der Waals surface area (Å²) in [6, 6.07) is 15.0. The first kappa shape index (κ1) is 19.2. The Morgan fingerprint density at radius 3 is 2.44 bits per heavy atom. The van der Waals surface area contributed by atoms with Crippen molar-refractivity contribution in [2.75, 3.05) is 12.9 Å². The van der Waals surface area contributed by atoms with Gasteiger partial charge in [-0.15, -0.1) is 0 Å². The molecule has 3 aromatic rings. The molecule has 0 saturated carbocycles. The molecule has 0 radical (unpaired) electrons. The summed E-state index contributed by atoms with van der Waals surface area (Å²) >= 11 is 0. The molecule has 0 N–H and O–H groups in total. The summed E-state index contributed by atoms with van der Waals surface area (Å²) in [6.07, 6.45) is 1.28. The average molecular weight is 385 g/mol. The van der Waals surface area contributed by atoms with Crippen LogP contribution in [0.4, 0.5) is 0 Å². The molecule has 0 spiro atoms. The molecule has 0 fully saturated rings. The number of aldehydes is 1. The van der Waals surface area contributed by atoms with Crippen molar-refractivity contribution in [2.24, 2.45) is 7.05 Å². The van der Waals surface area contributed by atoms with E-state index in [4.69, 9.17) is 4.74 Å². The number of benzene rings is 2. The number of sulfone groups is 1. The second-order valence-corrected chi connectivity index (χ2v) is 8.71. The fourth-order valence-corrected chi connectivity index (χ4v) is 4.90. The second-order valence-electron chi connectivity index (χ2n) is 6.49. The van der Waals surface area contributed by atoms with Gasteiger partial charge in [-0.3, -0.25) is 0 Å². The van der Waals surface area contributed by atoms with Gasteiger partial charge in [-0.25, -0.2) is 8.42 Å². The molecule has 0 bridgehead atoms. The lowest BCUT2D eigenvalue weighted by molar-refractivity contribution is -0.109. The summed E-state index contributed by atoms with van der Waals surface area (Å²) in [5.41, 5.74) is 2.27. The summed E-state index contributed by atoms with van der Waals surface area (Å²) < 4.78 is 33.0. The summed E-state index contributed by atoms with van der Waals surface area (Å²) in [5, 5.41) is 0.591. The first-order chi connectivity index (χ1) is 12.9. The van der Waals surface area contributed by atoms with E-state index in [0.717, 1.165) is 17.4 Å². The van der Waals surface area contributed by atoms with Gasteiger partial charge in [0.15, 0.2) is 9.84 Å². The minimum Gasteiger partial charge on any atom is -0.497 e. The molecule has 0 amide bonds.